The number of nitrogens with two attached hydrogens (primary N) is 1. The minimum atomic E-state index is -0.986. The number of nitrogens with zero attached hydrogens (tertiary/aromatic N) is 2. The average Bonchev–Trinajstić information content (AvgIpc) is 2.70. The molecular formula is C22H19FN4O. The number of hydrogen-bond acceptors (Lipinski definition) is 5. The van der Waals surface area contributed by atoms with Gasteiger partial charge in [-0.15, -0.1) is 0 Å². The van der Waals surface area contributed by atoms with E-state index in [4.69, 9.17) is 5.73 Å². The number of rotatable bonds is 4. The zero-order valence-corrected chi connectivity index (χ0v) is 15.2. The van der Waals surface area contributed by atoms with E-state index < -0.39 is 6.23 Å². The Morgan fingerprint density at radius 2 is 1.79 bits per heavy atom. The molecule has 0 fully saturated rings. The number of aliphatic hydroxyl groups excluding tert-OH is 1. The molecule has 140 valence electrons. The lowest BCUT2D eigenvalue weighted by Gasteiger charge is -2.17. The molecule has 1 atom stereocenters. The van der Waals surface area contributed by atoms with Gasteiger partial charge in [-0.3, -0.25) is 4.98 Å². The number of aryl methyl sites for hydroxylation is 1. The topological polar surface area (TPSA) is 84.1 Å². The standard InChI is InChI=1S/C22H19FN4O/c1-13-5-7-17(11-25-13)27-22(28)20-12-26-21(24)19-10-15(6-8-18(19)20)14-3-2-4-16(23)9-14/h2-12,22,27-28H,1H3,(H2,24,26). The normalized spacial score (nSPS) is 12.1. The van der Waals surface area contributed by atoms with Gasteiger partial charge in [0.15, 0.2) is 6.23 Å². The molecule has 0 saturated heterocycles. The van der Waals surface area contributed by atoms with E-state index in [-0.39, 0.29) is 5.82 Å². The molecule has 0 aliphatic rings. The number of hydrogen-bond donors (Lipinski definition) is 3. The van der Waals surface area contributed by atoms with E-state index in [2.05, 4.69) is 15.3 Å². The van der Waals surface area contributed by atoms with E-state index >= 15 is 0 Å². The van der Waals surface area contributed by atoms with E-state index in [1.807, 2.05) is 43.3 Å². The minimum Gasteiger partial charge on any atom is -0.383 e. The number of fused-ring (bicyclic) bond motifs is 1. The molecule has 28 heavy (non-hydrogen) atoms. The van der Waals surface area contributed by atoms with E-state index in [1.54, 1.807) is 18.5 Å². The first-order chi connectivity index (χ1) is 13.5. The van der Waals surface area contributed by atoms with Crippen LogP contribution < -0.4 is 11.1 Å². The number of nitrogens with one attached hydrogen (secondary N) is 1. The maximum Gasteiger partial charge on any atom is 0.152 e. The van der Waals surface area contributed by atoms with Gasteiger partial charge < -0.3 is 16.2 Å². The van der Waals surface area contributed by atoms with Crippen LogP contribution in [-0.2, 0) is 0 Å². The van der Waals surface area contributed by atoms with Crippen molar-refractivity contribution in [2.24, 2.45) is 0 Å². The van der Waals surface area contributed by atoms with Crippen LogP contribution in [0.4, 0.5) is 15.9 Å². The molecule has 5 nitrogen and oxygen atoms in total. The maximum atomic E-state index is 13.6. The summed E-state index contributed by atoms with van der Waals surface area (Å²) in [5.74, 6) is 0.0463. The smallest absolute Gasteiger partial charge is 0.152 e. The summed E-state index contributed by atoms with van der Waals surface area (Å²) in [6.45, 7) is 1.90. The van der Waals surface area contributed by atoms with Crippen LogP contribution >= 0.6 is 0 Å². The van der Waals surface area contributed by atoms with Crippen molar-refractivity contribution in [3.05, 3.63) is 84.1 Å². The Bertz CT molecular complexity index is 1150. The predicted octanol–water partition coefficient (Wildman–Crippen LogP) is 4.43. The number of aliphatic hydroxyl groups is 1. The van der Waals surface area contributed by atoms with Crippen LogP contribution in [0.1, 0.15) is 17.5 Å². The summed E-state index contributed by atoms with van der Waals surface area (Å²) >= 11 is 0. The van der Waals surface area contributed by atoms with Crippen molar-refractivity contribution < 1.29 is 9.50 Å². The largest absolute Gasteiger partial charge is 0.383 e. The Morgan fingerprint density at radius 1 is 0.964 bits per heavy atom. The van der Waals surface area contributed by atoms with Crippen LogP contribution in [0.3, 0.4) is 0 Å². The molecule has 0 bridgehead atoms. The molecule has 6 heteroatoms. The number of halogens is 1. The van der Waals surface area contributed by atoms with Gasteiger partial charge in [0.05, 0.1) is 11.9 Å². The first-order valence-corrected chi connectivity index (χ1v) is 8.82. The predicted molar refractivity (Wildman–Crippen MR) is 109 cm³/mol. The van der Waals surface area contributed by atoms with Crippen LogP contribution in [0.5, 0.6) is 0 Å². The van der Waals surface area contributed by atoms with E-state index in [0.717, 1.165) is 22.2 Å². The lowest BCUT2D eigenvalue weighted by molar-refractivity contribution is 0.209. The molecule has 0 aliphatic heterocycles. The lowest BCUT2D eigenvalue weighted by Crippen LogP contribution is -2.11. The Balaban J connectivity index is 1.73. The first kappa shape index (κ1) is 17.9. The maximum absolute atomic E-state index is 13.6. The zero-order valence-electron chi connectivity index (χ0n) is 15.2. The third kappa shape index (κ3) is 3.50. The van der Waals surface area contributed by atoms with E-state index in [1.165, 1.54) is 12.1 Å². The quantitative estimate of drug-likeness (QED) is 0.460. The van der Waals surface area contributed by atoms with Gasteiger partial charge in [-0.25, -0.2) is 9.37 Å². The Labute approximate surface area is 161 Å². The Kier molecular flexibility index (Phi) is 4.63. The van der Waals surface area contributed by atoms with Crippen LogP contribution in [0.2, 0.25) is 0 Å². The number of aromatic nitrogens is 2. The highest BCUT2D eigenvalue weighted by atomic mass is 19.1. The van der Waals surface area contributed by atoms with Gasteiger partial charge in [0.2, 0.25) is 0 Å². The summed E-state index contributed by atoms with van der Waals surface area (Å²) < 4.78 is 13.6. The third-order valence-corrected chi connectivity index (χ3v) is 4.62. The molecule has 0 spiro atoms. The molecule has 0 amide bonds. The molecule has 4 rings (SSSR count). The van der Waals surface area contributed by atoms with Crippen molar-refractivity contribution in [1.82, 2.24) is 9.97 Å². The monoisotopic (exact) mass is 374 g/mol. The highest BCUT2D eigenvalue weighted by molar-refractivity contribution is 5.96. The van der Waals surface area contributed by atoms with E-state index in [0.29, 0.717) is 22.5 Å². The fraction of sp³-hybridized carbons (Fsp3) is 0.0909. The van der Waals surface area contributed by atoms with Crippen molar-refractivity contribution in [3.63, 3.8) is 0 Å². The zero-order chi connectivity index (χ0) is 19.7. The molecular weight excluding hydrogens is 355 g/mol. The second-order valence-electron chi connectivity index (χ2n) is 6.60. The molecule has 1 unspecified atom stereocenters. The Hall–Kier alpha value is -3.51. The summed E-state index contributed by atoms with van der Waals surface area (Å²) in [6, 6.07) is 15.7. The highest BCUT2D eigenvalue weighted by Gasteiger charge is 2.15. The third-order valence-electron chi connectivity index (χ3n) is 4.62. The van der Waals surface area contributed by atoms with Crippen molar-refractivity contribution in [3.8, 4) is 11.1 Å². The van der Waals surface area contributed by atoms with Gasteiger partial charge in [-0.1, -0.05) is 24.3 Å². The fourth-order valence-electron chi connectivity index (χ4n) is 3.14. The van der Waals surface area contributed by atoms with Gasteiger partial charge in [0.1, 0.15) is 11.6 Å². The van der Waals surface area contributed by atoms with Gasteiger partial charge in [-0.2, -0.15) is 0 Å². The summed E-state index contributed by atoms with van der Waals surface area (Å²) in [6.07, 6.45) is 2.23. The summed E-state index contributed by atoms with van der Waals surface area (Å²) in [5, 5.41) is 15.2. The van der Waals surface area contributed by atoms with Gasteiger partial charge >= 0.3 is 0 Å². The minimum absolute atomic E-state index is 0.302. The lowest BCUT2D eigenvalue weighted by atomic mass is 9.99. The molecule has 0 radical (unpaired) electrons. The van der Waals surface area contributed by atoms with Crippen molar-refractivity contribution in [1.29, 1.82) is 0 Å². The summed E-state index contributed by atoms with van der Waals surface area (Å²) in [5.41, 5.74) is 9.82. The summed E-state index contributed by atoms with van der Waals surface area (Å²) in [4.78, 5) is 8.44. The van der Waals surface area contributed by atoms with Crippen molar-refractivity contribution >= 4 is 22.3 Å². The molecule has 2 aromatic carbocycles. The van der Waals surface area contributed by atoms with Crippen molar-refractivity contribution in [2.45, 2.75) is 13.2 Å². The van der Waals surface area contributed by atoms with Gasteiger partial charge in [-0.05, 0) is 53.8 Å². The first-order valence-electron chi connectivity index (χ1n) is 8.82. The highest BCUT2D eigenvalue weighted by Crippen LogP contribution is 2.32. The van der Waals surface area contributed by atoms with Gasteiger partial charge in [0, 0.05) is 22.8 Å². The van der Waals surface area contributed by atoms with Crippen molar-refractivity contribution in [2.75, 3.05) is 11.1 Å². The number of benzene rings is 2. The summed E-state index contributed by atoms with van der Waals surface area (Å²) in [7, 11) is 0. The average molecular weight is 374 g/mol. The number of nitrogen functional groups attached to an aromatic ring is 1. The number of anilines is 2. The van der Waals surface area contributed by atoms with E-state index in [9.17, 15) is 9.50 Å². The second-order valence-corrected chi connectivity index (χ2v) is 6.60. The molecule has 2 aromatic heterocycles. The van der Waals surface area contributed by atoms with Crippen LogP contribution in [0.25, 0.3) is 21.9 Å². The fourth-order valence-corrected chi connectivity index (χ4v) is 3.14. The SMILES string of the molecule is Cc1ccc(NC(O)c2cnc(N)c3cc(-c4cccc(F)c4)ccc23)cn1. The molecule has 4 aromatic rings. The molecule has 0 saturated carbocycles. The second kappa shape index (κ2) is 7.25. The molecule has 4 N–H and O–H groups in total. The van der Waals surface area contributed by atoms with Crippen LogP contribution in [-0.4, -0.2) is 15.1 Å². The van der Waals surface area contributed by atoms with Crippen LogP contribution in [0, 0.1) is 12.7 Å². The Morgan fingerprint density at radius 3 is 2.54 bits per heavy atom. The molecule has 0 aliphatic carbocycles. The number of pyridine rings is 2. The van der Waals surface area contributed by atoms with Gasteiger partial charge in [0.25, 0.3) is 0 Å². The molecule has 2 heterocycles. The van der Waals surface area contributed by atoms with Crippen LogP contribution in [0.15, 0.2) is 67.0 Å².